The SMILES string of the molecule is CCCc1nc(C(=O)N(C)C2CCCC(C)C2)n[nH]1. The number of aromatic amines is 1. The van der Waals surface area contributed by atoms with Crippen molar-refractivity contribution in [2.24, 2.45) is 5.92 Å². The molecule has 1 N–H and O–H groups in total. The molecule has 2 rings (SSSR count). The van der Waals surface area contributed by atoms with Gasteiger partial charge in [-0.3, -0.25) is 9.89 Å². The molecule has 1 saturated carbocycles. The predicted molar refractivity (Wildman–Crippen MR) is 73.9 cm³/mol. The van der Waals surface area contributed by atoms with Crippen molar-refractivity contribution < 1.29 is 4.79 Å². The second-order valence-electron chi connectivity index (χ2n) is 5.70. The largest absolute Gasteiger partial charge is 0.336 e. The fourth-order valence-corrected chi connectivity index (χ4v) is 2.82. The van der Waals surface area contributed by atoms with E-state index < -0.39 is 0 Å². The van der Waals surface area contributed by atoms with Crippen LogP contribution in [0.1, 0.15) is 62.4 Å². The van der Waals surface area contributed by atoms with Crippen molar-refractivity contribution >= 4 is 5.91 Å². The lowest BCUT2D eigenvalue weighted by Gasteiger charge is -2.33. The van der Waals surface area contributed by atoms with Crippen molar-refractivity contribution in [2.45, 2.75) is 58.4 Å². The van der Waals surface area contributed by atoms with Gasteiger partial charge in [0, 0.05) is 19.5 Å². The first-order chi connectivity index (χ1) is 9.11. The Morgan fingerprint density at radius 2 is 2.26 bits per heavy atom. The summed E-state index contributed by atoms with van der Waals surface area (Å²) in [6.07, 6.45) is 6.51. The monoisotopic (exact) mass is 264 g/mol. The summed E-state index contributed by atoms with van der Waals surface area (Å²) in [6, 6.07) is 0.337. The Morgan fingerprint density at radius 1 is 1.47 bits per heavy atom. The van der Waals surface area contributed by atoms with Crippen LogP contribution in [-0.2, 0) is 6.42 Å². The molecule has 1 aromatic heterocycles. The van der Waals surface area contributed by atoms with Gasteiger partial charge >= 0.3 is 0 Å². The van der Waals surface area contributed by atoms with Gasteiger partial charge in [0.25, 0.3) is 5.91 Å². The number of aryl methyl sites for hydroxylation is 1. The van der Waals surface area contributed by atoms with Crippen molar-refractivity contribution in [3.63, 3.8) is 0 Å². The average molecular weight is 264 g/mol. The fourth-order valence-electron chi connectivity index (χ4n) is 2.82. The van der Waals surface area contributed by atoms with Gasteiger partial charge in [-0.25, -0.2) is 4.98 Å². The molecule has 1 amide bonds. The zero-order valence-corrected chi connectivity index (χ0v) is 12.1. The molecule has 1 aliphatic rings. The van der Waals surface area contributed by atoms with E-state index in [1.807, 2.05) is 11.9 Å². The Balaban J connectivity index is 2.01. The molecule has 1 fully saturated rings. The van der Waals surface area contributed by atoms with E-state index >= 15 is 0 Å². The number of amides is 1. The summed E-state index contributed by atoms with van der Waals surface area (Å²) in [5, 5.41) is 6.89. The number of nitrogens with one attached hydrogen (secondary N) is 1. The molecule has 0 aromatic carbocycles. The Morgan fingerprint density at radius 3 is 2.95 bits per heavy atom. The van der Waals surface area contributed by atoms with Gasteiger partial charge in [0.05, 0.1) is 0 Å². The number of H-pyrrole nitrogens is 1. The normalized spacial score (nSPS) is 23.3. The highest BCUT2D eigenvalue weighted by Crippen LogP contribution is 2.27. The maximum atomic E-state index is 12.3. The molecule has 2 unspecified atom stereocenters. The van der Waals surface area contributed by atoms with Gasteiger partial charge < -0.3 is 4.90 Å². The Kier molecular flexibility index (Phi) is 4.56. The highest BCUT2D eigenvalue weighted by Gasteiger charge is 2.27. The second-order valence-corrected chi connectivity index (χ2v) is 5.70. The first kappa shape index (κ1) is 14.0. The number of rotatable bonds is 4. The Hall–Kier alpha value is -1.39. The molecule has 1 aromatic rings. The van der Waals surface area contributed by atoms with Gasteiger partial charge in [-0.1, -0.05) is 26.7 Å². The van der Waals surface area contributed by atoms with E-state index in [9.17, 15) is 4.79 Å². The third-order valence-electron chi connectivity index (χ3n) is 3.99. The van der Waals surface area contributed by atoms with Crippen molar-refractivity contribution in [3.05, 3.63) is 11.6 Å². The molecular weight excluding hydrogens is 240 g/mol. The standard InChI is InChI=1S/C14H24N4O/c1-4-6-12-15-13(17-16-12)14(19)18(3)11-8-5-7-10(2)9-11/h10-11H,4-9H2,1-3H3,(H,15,16,17). The molecule has 19 heavy (non-hydrogen) atoms. The van der Waals surface area contributed by atoms with E-state index in [1.54, 1.807) is 0 Å². The van der Waals surface area contributed by atoms with E-state index in [-0.39, 0.29) is 5.91 Å². The molecule has 5 heteroatoms. The lowest BCUT2D eigenvalue weighted by Crippen LogP contribution is -2.40. The van der Waals surface area contributed by atoms with Crippen LogP contribution < -0.4 is 0 Å². The van der Waals surface area contributed by atoms with E-state index in [1.165, 1.54) is 12.8 Å². The molecular formula is C14H24N4O. The minimum Gasteiger partial charge on any atom is -0.336 e. The molecule has 0 bridgehead atoms. The number of hydrogen-bond donors (Lipinski definition) is 1. The summed E-state index contributed by atoms with van der Waals surface area (Å²) in [4.78, 5) is 18.5. The van der Waals surface area contributed by atoms with Crippen LogP contribution in [0.3, 0.4) is 0 Å². The molecule has 5 nitrogen and oxygen atoms in total. The van der Waals surface area contributed by atoms with Crippen LogP contribution in [0.4, 0.5) is 0 Å². The van der Waals surface area contributed by atoms with Crippen LogP contribution >= 0.6 is 0 Å². The van der Waals surface area contributed by atoms with Gasteiger partial charge in [-0.15, -0.1) is 5.10 Å². The summed E-state index contributed by atoms with van der Waals surface area (Å²) in [6.45, 7) is 4.34. The highest BCUT2D eigenvalue weighted by atomic mass is 16.2. The van der Waals surface area contributed by atoms with Crippen molar-refractivity contribution in [3.8, 4) is 0 Å². The minimum absolute atomic E-state index is 0.0577. The van der Waals surface area contributed by atoms with Crippen LogP contribution in [0.25, 0.3) is 0 Å². The van der Waals surface area contributed by atoms with Crippen LogP contribution in [0.15, 0.2) is 0 Å². The van der Waals surface area contributed by atoms with Crippen LogP contribution in [0.2, 0.25) is 0 Å². The van der Waals surface area contributed by atoms with E-state index in [0.717, 1.165) is 31.5 Å². The van der Waals surface area contributed by atoms with Crippen LogP contribution in [0, 0.1) is 5.92 Å². The van der Waals surface area contributed by atoms with Gasteiger partial charge in [-0.05, 0) is 25.2 Å². The zero-order chi connectivity index (χ0) is 13.8. The number of carbonyl (C=O) groups is 1. The molecule has 106 valence electrons. The third kappa shape index (κ3) is 3.33. The van der Waals surface area contributed by atoms with Crippen molar-refractivity contribution in [1.29, 1.82) is 0 Å². The number of aromatic nitrogens is 3. The smallest absolute Gasteiger partial charge is 0.293 e. The first-order valence-electron chi connectivity index (χ1n) is 7.30. The minimum atomic E-state index is -0.0577. The van der Waals surface area contributed by atoms with E-state index in [4.69, 9.17) is 0 Å². The molecule has 0 radical (unpaired) electrons. The van der Waals surface area contributed by atoms with Crippen LogP contribution in [0.5, 0.6) is 0 Å². The lowest BCUT2D eigenvalue weighted by molar-refractivity contribution is 0.0660. The van der Waals surface area contributed by atoms with Crippen molar-refractivity contribution in [1.82, 2.24) is 20.1 Å². The lowest BCUT2D eigenvalue weighted by atomic mass is 9.86. The van der Waals surface area contributed by atoms with E-state index in [0.29, 0.717) is 17.8 Å². The molecule has 0 spiro atoms. The zero-order valence-electron chi connectivity index (χ0n) is 12.1. The quantitative estimate of drug-likeness (QED) is 0.908. The molecule has 1 heterocycles. The maximum Gasteiger partial charge on any atom is 0.293 e. The van der Waals surface area contributed by atoms with Gasteiger partial charge in [-0.2, -0.15) is 0 Å². The topological polar surface area (TPSA) is 61.9 Å². The molecule has 0 saturated heterocycles. The average Bonchev–Trinajstić information content (AvgIpc) is 2.86. The Bertz CT molecular complexity index is 429. The third-order valence-corrected chi connectivity index (χ3v) is 3.99. The summed E-state index contributed by atoms with van der Waals surface area (Å²) in [5.41, 5.74) is 0. The number of carbonyl (C=O) groups excluding carboxylic acids is 1. The van der Waals surface area contributed by atoms with E-state index in [2.05, 4.69) is 29.0 Å². The maximum absolute atomic E-state index is 12.3. The van der Waals surface area contributed by atoms with Crippen molar-refractivity contribution in [2.75, 3.05) is 7.05 Å². The molecule has 0 aliphatic heterocycles. The first-order valence-corrected chi connectivity index (χ1v) is 7.30. The van der Waals surface area contributed by atoms with Gasteiger partial charge in [0.15, 0.2) is 0 Å². The summed E-state index contributed by atoms with van der Waals surface area (Å²) in [5.74, 6) is 1.76. The van der Waals surface area contributed by atoms with Gasteiger partial charge in [0.1, 0.15) is 5.82 Å². The molecule has 1 aliphatic carbocycles. The second kappa shape index (κ2) is 6.17. The summed E-state index contributed by atoms with van der Waals surface area (Å²) < 4.78 is 0. The highest BCUT2D eigenvalue weighted by molar-refractivity contribution is 5.90. The molecule has 2 atom stereocenters. The predicted octanol–water partition coefficient (Wildman–Crippen LogP) is 2.41. The number of hydrogen-bond acceptors (Lipinski definition) is 3. The van der Waals surface area contributed by atoms with Gasteiger partial charge in [0.2, 0.25) is 5.82 Å². The Labute approximate surface area is 114 Å². The number of nitrogens with zero attached hydrogens (tertiary/aromatic N) is 3. The summed E-state index contributed by atoms with van der Waals surface area (Å²) in [7, 11) is 1.88. The summed E-state index contributed by atoms with van der Waals surface area (Å²) >= 11 is 0. The van der Waals surface area contributed by atoms with Crippen LogP contribution in [-0.4, -0.2) is 39.1 Å². The fraction of sp³-hybridized carbons (Fsp3) is 0.786.